The molecule has 3 aromatic carbocycles. The summed E-state index contributed by atoms with van der Waals surface area (Å²) in [6.45, 7) is 4.32. The van der Waals surface area contributed by atoms with Crippen molar-refractivity contribution in [3.05, 3.63) is 99.7 Å². The monoisotopic (exact) mass is 530 g/mol. The lowest BCUT2D eigenvalue weighted by atomic mass is 9.94. The van der Waals surface area contributed by atoms with Gasteiger partial charge >= 0.3 is 0 Å². The summed E-state index contributed by atoms with van der Waals surface area (Å²) in [4.78, 5) is 31.5. The fraction of sp³-hybridized carbons (Fsp3) is 0.143. The van der Waals surface area contributed by atoms with E-state index >= 15 is 0 Å². The summed E-state index contributed by atoms with van der Waals surface area (Å²) < 4.78 is 6.42. The average molecular weight is 531 g/mol. The van der Waals surface area contributed by atoms with Crippen LogP contribution in [0.3, 0.4) is 0 Å². The Kier molecular flexibility index (Phi) is 5.94. The third kappa shape index (κ3) is 3.91. The molecule has 176 valence electrons. The molecular weight excluding hydrogens is 508 g/mol. The van der Waals surface area contributed by atoms with E-state index in [2.05, 4.69) is 20.9 Å². The molecule has 0 saturated carbocycles. The average Bonchev–Trinajstić information content (AvgIpc) is 3.40. The molecule has 0 aliphatic carbocycles. The van der Waals surface area contributed by atoms with E-state index in [1.54, 1.807) is 42.6 Å². The predicted octanol–water partition coefficient (Wildman–Crippen LogP) is 6.26. The number of H-pyrrole nitrogens is 1. The van der Waals surface area contributed by atoms with E-state index in [1.165, 1.54) is 4.90 Å². The lowest BCUT2D eigenvalue weighted by Gasteiger charge is -2.25. The van der Waals surface area contributed by atoms with Crippen molar-refractivity contribution in [2.45, 2.75) is 19.9 Å². The van der Waals surface area contributed by atoms with Crippen molar-refractivity contribution in [2.24, 2.45) is 0 Å². The van der Waals surface area contributed by atoms with Gasteiger partial charge in [0, 0.05) is 38.4 Å². The number of hydrogen-bond acceptors (Lipinski definition) is 4. The predicted molar refractivity (Wildman–Crippen MR) is 140 cm³/mol. The molecular formula is C28H23BrN2O4. The van der Waals surface area contributed by atoms with Gasteiger partial charge in [0.05, 0.1) is 18.2 Å². The van der Waals surface area contributed by atoms with Crippen LogP contribution in [0.25, 0.3) is 16.7 Å². The second kappa shape index (κ2) is 9.07. The molecule has 1 amide bonds. The first kappa shape index (κ1) is 22.9. The van der Waals surface area contributed by atoms with Gasteiger partial charge in [-0.3, -0.25) is 14.5 Å². The second-order valence-electron chi connectivity index (χ2n) is 8.35. The molecule has 0 radical (unpaired) electrons. The zero-order valence-electron chi connectivity index (χ0n) is 19.2. The van der Waals surface area contributed by atoms with Crippen LogP contribution in [0.1, 0.15) is 29.7 Å². The van der Waals surface area contributed by atoms with Crippen molar-refractivity contribution < 1.29 is 19.4 Å². The fourth-order valence-electron chi connectivity index (χ4n) is 4.53. The third-order valence-corrected chi connectivity index (χ3v) is 7.11. The molecule has 2 heterocycles. The van der Waals surface area contributed by atoms with E-state index < -0.39 is 17.7 Å². The Balaban J connectivity index is 1.73. The third-order valence-electron chi connectivity index (χ3n) is 6.22. The van der Waals surface area contributed by atoms with Gasteiger partial charge in [-0.25, -0.2) is 0 Å². The Morgan fingerprint density at radius 2 is 1.83 bits per heavy atom. The number of rotatable bonds is 5. The minimum absolute atomic E-state index is 0.0513. The number of hydrogen-bond donors (Lipinski definition) is 2. The highest BCUT2D eigenvalue weighted by Gasteiger charge is 2.47. The number of Topliss-reactive ketones (excluding diaryl/α,β-unsaturated/α-hetero) is 1. The number of nitrogens with one attached hydrogen (secondary N) is 1. The number of aryl methyl sites for hydroxylation is 1. The molecule has 5 rings (SSSR count). The fourth-order valence-corrected chi connectivity index (χ4v) is 4.78. The van der Waals surface area contributed by atoms with Crippen LogP contribution >= 0.6 is 15.9 Å². The normalized spacial score (nSPS) is 17.3. The van der Waals surface area contributed by atoms with E-state index in [1.807, 2.05) is 44.2 Å². The number of ketones is 1. The van der Waals surface area contributed by atoms with Crippen LogP contribution in [0.15, 0.2) is 83.0 Å². The quantitative estimate of drug-likeness (QED) is 0.181. The summed E-state index contributed by atoms with van der Waals surface area (Å²) in [6, 6.07) is 19.2. The first-order valence-corrected chi connectivity index (χ1v) is 12.1. The molecule has 7 heteroatoms. The summed E-state index contributed by atoms with van der Waals surface area (Å²) in [5, 5.41) is 12.2. The van der Waals surface area contributed by atoms with Gasteiger partial charge in [-0.1, -0.05) is 40.2 Å². The van der Waals surface area contributed by atoms with E-state index in [9.17, 15) is 14.7 Å². The van der Waals surface area contributed by atoms with Crippen molar-refractivity contribution in [1.82, 2.24) is 4.98 Å². The van der Waals surface area contributed by atoms with Gasteiger partial charge in [-0.2, -0.15) is 0 Å². The Morgan fingerprint density at radius 3 is 2.54 bits per heavy atom. The molecule has 2 N–H and O–H groups in total. The Labute approximate surface area is 211 Å². The molecule has 1 aliphatic heterocycles. The van der Waals surface area contributed by atoms with E-state index in [0.29, 0.717) is 23.6 Å². The standard InChI is InChI=1S/C28H23BrN2O4/c1-3-35-19-11-9-18(10-12-19)31-25(21-15-30-23-7-5-4-6-20(21)23)24(27(33)28(31)34)26(32)17-8-13-22(29)16(2)14-17/h4-15,25,30,32H,3H2,1-2H3/b26-24+. The highest BCUT2D eigenvalue weighted by atomic mass is 79.9. The molecule has 1 unspecified atom stereocenters. The lowest BCUT2D eigenvalue weighted by molar-refractivity contribution is -0.132. The number of aliphatic hydroxyl groups excluding tert-OH is 1. The lowest BCUT2D eigenvalue weighted by Crippen LogP contribution is -2.29. The van der Waals surface area contributed by atoms with Crippen LogP contribution in [-0.2, 0) is 9.59 Å². The van der Waals surface area contributed by atoms with Crippen molar-refractivity contribution in [3.8, 4) is 5.75 Å². The molecule has 1 aromatic heterocycles. The SMILES string of the molecule is CCOc1ccc(N2C(=O)C(=O)/C(=C(/O)c3ccc(Br)c(C)c3)C2c2c[nH]c3ccccc23)cc1. The molecule has 1 fully saturated rings. The number of fused-ring (bicyclic) bond motifs is 1. The Bertz CT molecular complexity index is 1490. The summed E-state index contributed by atoms with van der Waals surface area (Å²) in [5.41, 5.74) is 3.56. The van der Waals surface area contributed by atoms with Crippen LogP contribution in [0.2, 0.25) is 0 Å². The molecule has 4 aromatic rings. The number of carbonyl (C=O) groups is 2. The van der Waals surface area contributed by atoms with Gasteiger partial charge in [-0.05, 0) is 61.9 Å². The molecule has 1 aliphatic rings. The van der Waals surface area contributed by atoms with Gasteiger partial charge in [0.1, 0.15) is 11.5 Å². The number of carbonyl (C=O) groups excluding carboxylic acids is 2. The number of aliphatic hydroxyl groups is 1. The van der Waals surface area contributed by atoms with Crippen molar-refractivity contribution in [2.75, 3.05) is 11.5 Å². The van der Waals surface area contributed by atoms with Crippen molar-refractivity contribution >= 4 is 50.0 Å². The van der Waals surface area contributed by atoms with Crippen LogP contribution in [0.5, 0.6) is 5.75 Å². The summed E-state index contributed by atoms with van der Waals surface area (Å²) >= 11 is 3.47. The number of halogens is 1. The molecule has 1 atom stereocenters. The number of aromatic amines is 1. The molecule has 1 saturated heterocycles. The molecule has 0 spiro atoms. The largest absolute Gasteiger partial charge is 0.507 e. The van der Waals surface area contributed by atoms with Crippen LogP contribution in [-0.4, -0.2) is 28.4 Å². The minimum atomic E-state index is -0.812. The smallest absolute Gasteiger partial charge is 0.300 e. The van der Waals surface area contributed by atoms with Gasteiger partial charge in [0.2, 0.25) is 0 Å². The zero-order valence-corrected chi connectivity index (χ0v) is 20.8. The molecule has 6 nitrogen and oxygen atoms in total. The van der Waals surface area contributed by atoms with Crippen LogP contribution in [0.4, 0.5) is 5.69 Å². The van der Waals surface area contributed by atoms with Gasteiger partial charge < -0.3 is 14.8 Å². The van der Waals surface area contributed by atoms with E-state index in [-0.39, 0.29) is 11.3 Å². The highest BCUT2D eigenvalue weighted by molar-refractivity contribution is 9.10. The second-order valence-corrected chi connectivity index (χ2v) is 9.20. The minimum Gasteiger partial charge on any atom is -0.507 e. The van der Waals surface area contributed by atoms with E-state index in [0.717, 1.165) is 26.5 Å². The molecule has 35 heavy (non-hydrogen) atoms. The first-order chi connectivity index (χ1) is 16.9. The number of benzene rings is 3. The van der Waals surface area contributed by atoms with Crippen molar-refractivity contribution in [1.29, 1.82) is 0 Å². The van der Waals surface area contributed by atoms with E-state index in [4.69, 9.17) is 4.74 Å². The maximum Gasteiger partial charge on any atom is 0.300 e. The molecule has 0 bridgehead atoms. The van der Waals surface area contributed by atoms with Gasteiger partial charge in [-0.15, -0.1) is 0 Å². The van der Waals surface area contributed by atoms with Gasteiger partial charge in [0.15, 0.2) is 0 Å². The number of para-hydroxylation sites is 1. The number of aromatic nitrogens is 1. The maximum atomic E-state index is 13.4. The number of amides is 1. The number of anilines is 1. The van der Waals surface area contributed by atoms with Crippen LogP contribution < -0.4 is 9.64 Å². The van der Waals surface area contributed by atoms with Crippen molar-refractivity contribution in [3.63, 3.8) is 0 Å². The van der Waals surface area contributed by atoms with Gasteiger partial charge in [0.25, 0.3) is 11.7 Å². The first-order valence-electron chi connectivity index (χ1n) is 11.3. The maximum absolute atomic E-state index is 13.4. The topological polar surface area (TPSA) is 82.6 Å². The Hall–Kier alpha value is -3.84. The highest BCUT2D eigenvalue weighted by Crippen LogP contribution is 2.44. The summed E-state index contributed by atoms with van der Waals surface area (Å²) in [6.07, 6.45) is 1.79. The number of nitrogens with zero attached hydrogens (tertiary/aromatic N) is 1. The number of ether oxygens (including phenoxy) is 1. The summed E-state index contributed by atoms with van der Waals surface area (Å²) in [5.74, 6) is -0.962. The van der Waals surface area contributed by atoms with Crippen LogP contribution in [0, 0.1) is 6.92 Å². The summed E-state index contributed by atoms with van der Waals surface area (Å²) in [7, 11) is 0. The zero-order chi connectivity index (χ0) is 24.7. The Morgan fingerprint density at radius 1 is 1.09 bits per heavy atom.